The van der Waals surface area contributed by atoms with Gasteiger partial charge in [-0.25, -0.2) is 0 Å². The lowest BCUT2D eigenvalue weighted by atomic mass is 10.0. The number of carbonyl (C=O) groups excluding carboxylic acids is 1. The third-order valence-electron chi connectivity index (χ3n) is 2.88. The molecule has 1 unspecified atom stereocenters. The maximum absolute atomic E-state index is 11.0. The van der Waals surface area contributed by atoms with Crippen LogP contribution in [-0.2, 0) is 9.53 Å². The average molecular weight is 183 g/mol. The SMILES string of the molecule is O=C1CCN(CC2CCCOC2)C1. The van der Waals surface area contributed by atoms with Crippen LogP contribution in [0, 0.1) is 5.92 Å². The predicted molar refractivity (Wildman–Crippen MR) is 49.6 cm³/mol. The van der Waals surface area contributed by atoms with E-state index >= 15 is 0 Å². The smallest absolute Gasteiger partial charge is 0.148 e. The summed E-state index contributed by atoms with van der Waals surface area (Å²) >= 11 is 0. The van der Waals surface area contributed by atoms with E-state index in [9.17, 15) is 4.79 Å². The van der Waals surface area contributed by atoms with Crippen LogP contribution in [-0.4, -0.2) is 43.5 Å². The van der Waals surface area contributed by atoms with Gasteiger partial charge in [0.15, 0.2) is 0 Å². The lowest BCUT2D eigenvalue weighted by molar-refractivity contribution is -0.117. The molecule has 2 saturated heterocycles. The van der Waals surface area contributed by atoms with Crippen LogP contribution in [0.2, 0.25) is 0 Å². The van der Waals surface area contributed by atoms with Crippen LogP contribution in [0.15, 0.2) is 0 Å². The van der Waals surface area contributed by atoms with Crippen molar-refractivity contribution in [1.29, 1.82) is 0 Å². The molecule has 0 aliphatic carbocycles. The minimum Gasteiger partial charge on any atom is -0.381 e. The van der Waals surface area contributed by atoms with Crippen LogP contribution in [0.3, 0.4) is 0 Å². The molecule has 2 rings (SSSR count). The molecule has 0 N–H and O–H groups in total. The molecule has 3 nitrogen and oxygen atoms in total. The van der Waals surface area contributed by atoms with Crippen molar-refractivity contribution >= 4 is 5.78 Å². The summed E-state index contributed by atoms with van der Waals surface area (Å²) in [6.45, 7) is 4.53. The van der Waals surface area contributed by atoms with Gasteiger partial charge in [0.1, 0.15) is 5.78 Å². The van der Waals surface area contributed by atoms with Gasteiger partial charge in [-0.1, -0.05) is 0 Å². The molecule has 0 amide bonds. The zero-order valence-corrected chi connectivity index (χ0v) is 8.00. The zero-order valence-electron chi connectivity index (χ0n) is 8.00. The number of hydrogen-bond donors (Lipinski definition) is 0. The van der Waals surface area contributed by atoms with Crippen molar-refractivity contribution in [2.75, 3.05) is 32.8 Å². The van der Waals surface area contributed by atoms with Crippen molar-refractivity contribution in [3.05, 3.63) is 0 Å². The number of likely N-dealkylation sites (tertiary alicyclic amines) is 1. The van der Waals surface area contributed by atoms with Gasteiger partial charge in [-0.15, -0.1) is 0 Å². The third-order valence-corrected chi connectivity index (χ3v) is 2.88. The van der Waals surface area contributed by atoms with Crippen LogP contribution in [0.4, 0.5) is 0 Å². The summed E-state index contributed by atoms with van der Waals surface area (Å²) in [5.41, 5.74) is 0. The lowest BCUT2D eigenvalue weighted by Crippen LogP contribution is -2.32. The first-order valence-electron chi connectivity index (χ1n) is 5.16. The molecule has 0 radical (unpaired) electrons. The lowest BCUT2D eigenvalue weighted by Gasteiger charge is -2.26. The maximum Gasteiger partial charge on any atom is 0.148 e. The van der Waals surface area contributed by atoms with Crippen LogP contribution in [0.1, 0.15) is 19.3 Å². The fourth-order valence-corrected chi connectivity index (χ4v) is 2.16. The molecule has 0 spiro atoms. The minimum absolute atomic E-state index is 0.400. The van der Waals surface area contributed by atoms with E-state index in [1.165, 1.54) is 12.8 Å². The minimum atomic E-state index is 0.400. The maximum atomic E-state index is 11.0. The summed E-state index contributed by atoms with van der Waals surface area (Å²) in [6.07, 6.45) is 3.21. The molecule has 0 bridgehead atoms. The normalized spacial score (nSPS) is 31.1. The van der Waals surface area contributed by atoms with E-state index in [0.717, 1.165) is 32.7 Å². The molecule has 1 atom stereocenters. The number of carbonyl (C=O) groups is 1. The highest BCUT2D eigenvalue weighted by atomic mass is 16.5. The van der Waals surface area contributed by atoms with Crippen molar-refractivity contribution in [3.8, 4) is 0 Å². The monoisotopic (exact) mass is 183 g/mol. The van der Waals surface area contributed by atoms with Crippen LogP contribution >= 0.6 is 0 Å². The Morgan fingerprint density at radius 2 is 2.46 bits per heavy atom. The molecular weight excluding hydrogens is 166 g/mol. The third kappa shape index (κ3) is 2.51. The standard InChI is InChI=1S/C10H17NO2/c12-10-3-4-11(7-10)6-9-2-1-5-13-8-9/h9H,1-8H2. The molecule has 13 heavy (non-hydrogen) atoms. The second kappa shape index (κ2) is 4.20. The fraction of sp³-hybridized carbons (Fsp3) is 0.900. The molecule has 0 aromatic carbocycles. The van der Waals surface area contributed by atoms with Gasteiger partial charge in [0, 0.05) is 26.1 Å². The van der Waals surface area contributed by atoms with Crippen LogP contribution in [0.25, 0.3) is 0 Å². The summed E-state index contributed by atoms with van der Waals surface area (Å²) in [4.78, 5) is 13.3. The van der Waals surface area contributed by atoms with E-state index in [1.807, 2.05) is 0 Å². The van der Waals surface area contributed by atoms with E-state index < -0.39 is 0 Å². The molecule has 0 saturated carbocycles. The van der Waals surface area contributed by atoms with Gasteiger partial charge < -0.3 is 4.74 Å². The van der Waals surface area contributed by atoms with E-state index in [1.54, 1.807) is 0 Å². The van der Waals surface area contributed by atoms with Gasteiger partial charge in [0.05, 0.1) is 13.2 Å². The largest absolute Gasteiger partial charge is 0.381 e. The Labute approximate surface area is 79.0 Å². The summed E-state index contributed by atoms with van der Waals surface area (Å²) < 4.78 is 5.41. The first kappa shape index (κ1) is 9.16. The van der Waals surface area contributed by atoms with Crippen molar-refractivity contribution in [3.63, 3.8) is 0 Å². The quantitative estimate of drug-likeness (QED) is 0.630. The first-order valence-corrected chi connectivity index (χ1v) is 5.16. The number of nitrogens with zero attached hydrogens (tertiary/aromatic N) is 1. The van der Waals surface area contributed by atoms with Crippen LogP contribution < -0.4 is 0 Å². The number of ketones is 1. The second-order valence-electron chi connectivity index (χ2n) is 4.11. The molecule has 2 fully saturated rings. The predicted octanol–water partition coefficient (Wildman–Crippen LogP) is 0.688. The van der Waals surface area contributed by atoms with Crippen molar-refractivity contribution < 1.29 is 9.53 Å². The number of ether oxygens (including phenoxy) is 1. The van der Waals surface area contributed by atoms with Crippen molar-refractivity contribution in [2.45, 2.75) is 19.3 Å². The summed E-state index contributed by atoms with van der Waals surface area (Å²) in [6, 6.07) is 0. The van der Waals surface area contributed by atoms with Gasteiger partial charge in [-0.2, -0.15) is 0 Å². The Balaban J connectivity index is 1.73. The van der Waals surface area contributed by atoms with Gasteiger partial charge in [-0.3, -0.25) is 9.69 Å². The van der Waals surface area contributed by atoms with Crippen molar-refractivity contribution in [2.24, 2.45) is 5.92 Å². The summed E-state index contributed by atoms with van der Waals surface area (Å²) in [5.74, 6) is 1.07. The Kier molecular flexibility index (Phi) is 2.96. The second-order valence-corrected chi connectivity index (χ2v) is 4.11. The highest BCUT2D eigenvalue weighted by molar-refractivity contribution is 5.82. The molecular formula is C10H17NO2. The topological polar surface area (TPSA) is 29.5 Å². The highest BCUT2D eigenvalue weighted by Gasteiger charge is 2.23. The van der Waals surface area contributed by atoms with Gasteiger partial charge in [0.25, 0.3) is 0 Å². The van der Waals surface area contributed by atoms with E-state index in [4.69, 9.17) is 4.74 Å². The highest BCUT2D eigenvalue weighted by Crippen LogP contribution is 2.16. The van der Waals surface area contributed by atoms with E-state index in [-0.39, 0.29) is 0 Å². The van der Waals surface area contributed by atoms with Gasteiger partial charge in [0.2, 0.25) is 0 Å². The molecule has 74 valence electrons. The molecule has 2 aliphatic rings. The zero-order chi connectivity index (χ0) is 9.10. The molecule has 2 heterocycles. The average Bonchev–Trinajstić information content (AvgIpc) is 2.53. The number of hydrogen-bond acceptors (Lipinski definition) is 3. The van der Waals surface area contributed by atoms with Gasteiger partial charge in [-0.05, 0) is 18.8 Å². The van der Waals surface area contributed by atoms with E-state index in [0.29, 0.717) is 18.2 Å². The summed E-state index contributed by atoms with van der Waals surface area (Å²) in [5, 5.41) is 0. The first-order chi connectivity index (χ1) is 6.34. The summed E-state index contributed by atoms with van der Waals surface area (Å²) in [7, 11) is 0. The van der Waals surface area contributed by atoms with E-state index in [2.05, 4.69) is 4.90 Å². The van der Waals surface area contributed by atoms with Gasteiger partial charge >= 0.3 is 0 Å². The molecule has 2 aliphatic heterocycles. The van der Waals surface area contributed by atoms with Crippen LogP contribution in [0.5, 0.6) is 0 Å². The Bertz CT molecular complexity index is 187. The van der Waals surface area contributed by atoms with Crippen molar-refractivity contribution in [1.82, 2.24) is 4.90 Å². The molecule has 0 aromatic heterocycles. The molecule has 0 aromatic rings. The number of rotatable bonds is 2. The number of Topliss-reactive ketones (excluding diaryl/α,β-unsaturated/α-hetero) is 1. The Morgan fingerprint density at radius 1 is 1.54 bits per heavy atom. The Morgan fingerprint density at radius 3 is 3.08 bits per heavy atom. The Hall–Kier alpha value is -0.410. The fourth-order valence-electron chi connectivity index (χ4n) is 2.16. The molecule has 3 heteroatoms.